The van der Waals surface area contributed by atoms with E-state index in [2.05, 4.69) is 19.2 Å². The van der Waals surface area contributed by atoms with Crippen molar-refractivity contribution in [3.63, 3.8) is 0 Å². The van der Waals surface area contributed by atoms with Crippen LogP contribution in [0.1, 0.15) is 13.8 Å². The Morgan fingerprint density at radius 2 is 1.78 bits per heavy atom. The quantitative estimate of drug-likeness (QED) is 0.435. The zero-order valence-corrected chi connectivity index (χ0v) is 6.09. The van der Waals surface area contributed by atoms with E-state index in [9.17, 15) is 0 Å². The standard InChI is InChI=1S/C6H15N3/c1-5-3-8-4-6(2)9(5)7/h5-6,8H,3-4,7H2,1-2H3/t5-,6+. The number of hydrogen-bond acceptors (Lipinski definition) is 3. The fourth-order valence-corrected chi connectivity index (χ4v) is 1.15. The lowest BCUT2D eigenvalue weighted by molar-refractivity contribution is 0.119. The lowest BCUT2D eigenvalue weighted by Gasteiger charge is -2.35. The Balaban J connectivity index is 2.41. The van der Waals surface area contributed by atoms with Crippen molar-refractivity contribution in [1.29, 1.82) is 0 Å². The summed E-state index contributed by atoms with van der Waals surface area (Å²) >= 11 is 0. The van der Waals surface area contributed by atoms with Gasteiger partial charge in [0.25, 0.3) is 0 Å². The zero-order valence-electron chi connectivity index (χ0n) is 6.09. The summed E-state index contributed by atoms with van der Waals surface area (Å²) in [6, 6.07) is 0.961. The molecule has 1 aliphatic rings. The number of hydrogen-bond donors (Lipinski definition) is 2. The topological polar surface area (TPSA) is 41.3 Å². The average molecular weight is 129 g/mol. The summed E-state index contributed by atoms with van der Waals surface area (Å²) < 4.78 is 0. The molecular weight excluding hydrogens is 114 g/mol. The predicted molar refractivity (Wildman–Crippen MR) is 37.8 cm³/mol. The Kier molecular flexibility index (Phi) is 2.05. The number of nitrogens with zero attached hydrogens (tertiary/aromatic N) is 1. The van der Waals surface area contributed by atoms with Gasteiger partial charge in [0.05, 0.1) is 0 Å². The van der Waals surface area contributed by atoms with Gasteiger partial charge in [-0.05, 0) is 13.8 Å². The van der Waals surface area contributed by atoms with E-state index < -0.39 is 0 Å². The van der Waals surface area contributed by atoms with Crippen molar-refractivity contribution in [3.8, 4) is 0 Å². The van der Waals surface area contributed by atoms with E-state index in [0.29, 0.717) is 12.1 Å². The third kappa shape index (κ3) is 1.41. The molecule has 1 fully saturated rings. The van der Waals surface area contributed by atoms with E-state index in [-0.39, 0.29) is 0 Å². The molecule has 2 atom stereocenters. The van der Waals surface area contributed by atoms with Crippen LogP contribution in [0.5, 0.6) is 0 Å². The van der Waals surface area contributed by atoms with Crippen LogP contribution in [0.15, 0.2) is 0 Å². The highest BCUT2D eigenvalue weighted by molar-refractivity contribution is 4.77. The second kappa shape index (κ2) is 2.64. The molecule has 1 saturated heterocycles. The SMILES string of the molecule is C[C@@H]1CNC[C@H](C)N1N. The van der Waals surface area contributed by atoms with Crippen LogP contribution in [0.3, 0.4) is 0 Å². The van der Waals surface area contributed by atoms with Crippen molar-refractivity contribution >= 4 is 0 Å². The van der Waals surface area contributed by atoms with Crippen LogP contribution in [-0.2, 0) is 0 Å². The zero-order chi connectivity index (χ0) is 6.85. The molecule has 0 spiro atoms. The van der Waals surface area contributed by atoms with Crippen molar-refractivity contribution in [2.75, 3.05) is 13.1 Å². The minimum absolute atomic E-state index is 0.480. The Labute approximate surface area is 56.2 Å². The van der Waals surface area contributed by atoms with Gasteiger partial charge in [-0.2, -0.15) is 0 Å². The van der Waals surface area contributed by atoms with Gasteiger partial charge in [-0.15, -0.1) is 0 Å². The van der Waals surface area contributed by atoms with Crippen LogP contribution in [-0.4, -0.2) is 30.2 Å². The number of piperazine rings is 1. The first kappa shape index (κ1) is 6.99. The van der Waals surface area contributed by atoms with Gasteiger partial charge in [0.15, 0.2) is 0 Å². The highest BCUT2D eigenvalue weighted by atomic mass is 15.5. The first-order valence-electron chi connectivity index (χ1n) is 3.45. The molecule has 54 valence electrons. The van der Waals surface area contributed by atoms with Gasteiger partial charge in [-0.3, -0.25) is 5.84 Å². The predicted octanol–water partition coefficient (Wildman–Crippen LogP) is -0.458. The smallest absolute Gasteiger partial charge is 0.0341 e. The molecule has 1 heterocycles. The maximum absolute atomic E-state index is 5.72. The van der Waals surface area contributed by atoms with Crippen LogP contribution in [0, 0.1) is 0 Å². The summed E-state index contributed by atoms with van der Waals surface area (Å²) in [6.07, 6.45) is 0. The lowest BCUT2D eigenvalue weighted by atomic mass is 10.2. The number of rotatable bonds is 0. The van der Waals surface area contributed by atoms with Crippen molar-refractivity contribution < 1.29 is 0 Å². The molecule has 1 rings (SSSR count). The van der Waals surface area contributed by atoms with Crippen LogP contribution >= 0.6 is 0 Å². The van der Waals surface area contributed by atoms with Crippen LogP contribution < -0.4 is 11.2 Å². The van der Waals surface area contributed by atoms with E-state index in [1.807, 2.05) is 5.01 Å². The Morgan fingerprint density at radius 3 is 2.11 bits per heavy atom. The molecule has 0 radical (unpaired) electrons. The molecule has 3 nitrogen and oxygen atoms in total. The van der Waals surface area contributed by atoms with Gasteiger partial charge in [0.2, 0.25) is 0 Å². The monoisotopic (exact) mass is 129 g/mol. The van der Waals surface area contributed by atoms with Crippen LogP contribution in [0.4, 0.5) is 0 Å². The molecule has 0 amide bonds. The molecule has 0 aliphatic carbocycles. The molecule has 0 aromatic carbocycles. The normalized spacial score (nSPS) is 39.0. The van der Waals surface area contributed by atoms with Crippen molar-refractivity contribution in [1.82, 2.24) is 10.3 Å². The third-order valence-corrected chi connectivity index (χ3v) is 1.90. The van der Waals surface area contributed by atoms with Crippen molar-refractivity contribution in [2.45, 2.75) is 25.9 Å². The van der Waals surface area contributed by atoms with Gasteiger partial charge < -0.3 is 5.32 Å². The lowest BCUT2D eigenvalue weighted by Crippen LogP contribution is -2.58. The maximum atomic E-state index is 5.72. The van der Waals surface area contributed by atoms with E-state index in [1.54, 1.807) is 0 Å². The Morgan fingerprint density at radius 1 is 1.33 bits per heavy atom. The maximum Gasteiger partial charge on any atom is 0.0341 e. The van der Waals surface area contributed by atoms with Gasteiger partial charge >= 0.3 is 0 Å². The minimum Gasteiger partial charge on any atom is -0.314 e. The first-order chi connectivity index (χ1) is 4.22. The summed E-state index contributed by atoms with van der Waals surface area (Å²) in [5.41, 5.74) is 0. The molecule has 0 bridgehead atoms. The van der Waals surface area contributed by atoms with E-state index >= 15 is 0 Å². The molecule has 1 aliphatic heterocycles. The fourth-order valence-electron chi connectivity index (χ4n) is 1.15. The number of nitrogens with one attached hydrogen (secondary N) is 1. The summed E-state index contributed by atoms with van der Waals surface area (Å²) in [5.74, 6) is 5.72. The van der Waals surface area contributed by atoms with Gasteiger partial charge in [-0.1, -0.05) is 0 Å². The first-order valence-corrected chi connectivity index (χ1v) is 3.45. The fraction of sp³-hybridized carbons (Fsp3) is 1.00. The molecule has 0 aromatic rings. The molecule has 3 N–H and O–H groups in total. The summed E-state index contributed by atoms with van der Waals surface area (Å²) in [7, 11) is 0. The number of hydrazine groups is 1. The number of nitrogens with two attached hydrogens (primary N) is 1. The summed E-state index contributed by atoms with van der Waals surface area (Å²) in [4.78, 5) is 0. The molecule has 0 aromatic heterocycles. The minimum atomic E-state index is 0.480. The van der Waals surface area contributed by atoms with Crippen molar-refractivity contribution in [3.05, 3.63) is 0 Å². The average Bonchev–Trinajstić information content (AvgIpc) is 1.83. The third-order valence-electron chi connectivity index (χ3n) is 1.90. The summed E-state index contributed by atoms with van der Waals surface area (Å²) in [6.45, 7) is 6.28. The highest BCUT2D eigenvalue weighted by Crippen LogP contribution is 2.01. The van der Waals surface area contributed by atoms with Crippen LogP contribution in [0.25, 0.3) is 0 Å². The van der Waals surface area contributed by atoms with E-state index in [1.165, 1.54) is 0 Å². The van der Waals surface area contributed by atoms with E-state index in [4.69, 9.17) is 5.84 Å². The Hall–Kier alpha value is -0.120. The largest absolute Gasteiger partial charge is 0.314 e. The van der Waals surface area contributed by atoms with Gasteiger partial charge in [0.1, 0.15) is 0 Å². The molecular formula is C6H15N3. The molecule has 0 saturated carbocycles. The molecule has 9 heavy (non-hydrogen) atoms. The van der Waals surface area contributed by atoms with Gasteiger partial charge in [-0.25, -0.2) is 5.01 Å². The van der Waals surface area contributed by atoms with Crippen molar-refractivity contribution in [2.24, 2.45) is 5.84 Å². The second-order valence-electron chi connectivity index (χ2n) is 2.80. The Bertz CT molecular complexity index is 84.3. The van der Waals surface area contributed by atoms with Crippen LogP contribution in [0.2, 0.25) is 0 Å². The highest BCUT2D eigenvalue weighted by Gasteiger charge is 2.20. The molecule has 0 unspecified atom stereocenters. The summed E-state index contributed by atoms with van der Waals surface area (Å²) in [5, 5.41) is 5.21. The van der Waals surface area contributed by atoms with E-state index in [0.717, 1.165) is 13.1 Å². The molecule has 3 heteroatoms. The van der Waals surface area contributed by atoms with Gasteiger partial charge in [0, 0.05) is 25.2 Å². The second-order valence-corrected chi connectivity index (χ2v) is 2.80.